The van der Waals surface area contributed by atoms with Gasteiger partial charge in [0.2, 0.25) is 0 Å². The normalized spacial score (nSPS) is 23.0. The molecule has 0 N–H and O–H groups in total. The van der Waals surface area contributed by atoms with Crippen LogP contribution >= 0.6 is 11.6 Å². The fraction of sp³-hybridized carbons (Fsp3) is 0.667. The first-order chi connectivity index (χ1) is 7.74. The standard InChI is InChI=1S/C12H18ClN3/c1-16-5-2-3-10(4-6-16)7-11-8-14-9-12(13)15-11/h8-10H,2-7H2,1H3/t10-/m1/s1. The molecule has 16 heavy (non-hydrogen) atoms. The molecule has 0 spiro atoms. The second-order valence-electron chi connectivity index (χ2n) is 4.64. The Balaban J connectivity index is 1.93. The molecular weight excluding hydrogens is 222 g/mol. The molecule has 0 saturated carbocycles. The van der Waals surface area contributed by atoms with Gasteiger partial charge < -0.3 is 4.90 Å². The molecular formula is C12H18ClN3. The fourth-order valence-electron chi connectivity index (χ4n) is 2.29. The number of nitrogens with zero attached hydrogens (tertiary/aromatic N) is 3. The lowest BCUT2D eigenvalue weighted by molar-refractivity contribution is 0.341. The van der Waals surface area contributed by atoms with E-state index in [0.717, 1.165) is 18.0 Å². The highest BCUT2D eigenvalue weighted by atomic mass is 35.5. The fourth-order valence-corrected chi connectivity index (χ4v) is 2.45. The molecule has 0 radical (unpaired) electrons. The van der Waals surface area contributed by atoms with Gasteiger partial charge in [0.15, 0.2) is 0 Å². The van der Waals surface area contributed by atoms with E-state index in [0.29, 0.717) is 5.15 Å². The number of aromatic nitrogens is 2. The summed E-state index contributed by atoms with van der Waals surface area (Å²) < 4.78 is 0. The molecule has 1 aromatic rings. The van der Waals surface area contributed by atoms with Crippen molar-refractivity contribution in [3.63, 3.8) is 0 Å². The third-order valence-corrected chi connectivity index (χ3v) is 3.41. The maximum atomic E-state index is 5.84. The summed E-state index contributed by atoms with van der Waals surface area (Å²) in [5.41, 5.74) is 1.03. The van der Waals surface area contributed by atoms with E-state index in [1.165, 1.54) is 32.4 Å². The van der Waals surface area contributed by atoms with E-state index in [2.05, 4.69) is 21.9 Å². The Morgan fingerprint density at radius 2 is 2.25 bits per heavy atom. The van der Waals surface area contributed by atoms with Crippen LogP contribution in [0.1, 0.15) is 25.0 Å². The van der Waals surface area contributed by atoms with Crippen LogP contribution in [-0.4, -0.2) is 35.0 Å². The highest BCUT2D eigenvalue weighted by molar-refractivity contribution is 6.29. The topological polar surface area (TPSA) is 29.0 Å². The lowest BCUT2D eigenvalue weighted by Crippen LogP contribution is -2.19. The van der Waals surface area contributed by atoms with E-state index >= 15 is 0 Å². The molecule has 0 aromatic carbocycles. The molecule has 0 aliphatic carbocycles. The third kappa shape index (κ3) is 3.42. The minimum Gasteiger partial charge on any atom is -0.306 e. The average molecular weight is 240 g/mol. The Morgan fingerprint density at radius 1 is 1.38 bits per heavy atom. The maximum absolute atomic E-state index is 5.84. The molecule has 3 nitrogen and oxygen atoms in total. The van der Waals surface area contributed by atoms with E-state index in [-0.39, 0.29) is 0 Å². The van der Waals surface area contributed by atoms with Gasteiger partial charge in [0.25, 0.3) is 0 Å². The van der Waals surface area contributed by atoms with Crippen LogP contribution in [0.2, 0.25) is 5.15 Å². The van der Waals surface area contributed by atoms with Crippen molar-refractivity contribution in [2.45, 2.75) is 25.7 Å². The van der Waals surface area contributed by atoms with Crippen molar-refractivity contribution >= 4 is 11.6 Å². The summed E-state index contributed by atoms with van der Waals surface area (Å²) in [6, 6.07) is 0. The van der Waals surface area contributed by atoms with Crippen LogP contribution in [0.4, 0.5) is 0 Å². The molecule has 2 rings (SSSR count). The average Bonchev–Trinajstić information content (AvgIpc) is 2.44. The van der Waals surface area contributed by atoms with Crippen molar-refractivity contribution in [1.82, 2.24) is 14.9 Å². The van der Waals surface area contributed by atoms with Gasteiger partial charge in [-0.1, -0.05) is 11.6 Å². The lowest BCUT2D eigenvalue weighted by atomic mass is 9.95. The van der Waals surface area contributed by atoms with Gasteiger partial charge in [-0.15, -0.1) is 0 Å². The van der Waals surface area contributed by atoms with Crippen LogP contribution in [0.15, 0.2) is 12.4 Å². The van der Waals surface area contributed by atoms with Gasteiger partial charge in [0.05, 0.1) is 11.9 Å². The molecule has 1 aromatic heterocycles. The molecule has 2 heterocycles. The first kappa shape index (κ1) is 11.8. The van der Waals surface area contributed by atoms with Gasteiger partial charge in [-0.2, -0.15) is 0 Å². The largest absolute Gasteiger partial charge is 0.306 e. The third-order valence-electron chi connectivity index (χ3n) is 3.22. The van der Waals surface area contributed by atoms with Crippen LogP contribution in [0.5, 0.6) is 0 Å². The van der Waals surface area contributed by atoms with E-state index in [1.807, 2.05) is 6.20 Å². The molecule has 0 unspecified atom stereocenters. The van der Waals surface area contributed by atoms with Crippen LogP contribution < -0.4 is 0 Å². The summed E-state index contributed by atoms with van der Waals surface area (Å²) >= 11 is 5.84. The zero-order valence-corrected chi connectivity index (χ0v) is 10.5. The molecule has 4 heteroatoms. The highest BCUT2D eigenvalue weighted by Gasteiger charge is 2.15. The van der Waals surface area contributed by atoms with Crippen LogP contribution in [-0.2, 0) is 6.42 Å². The number of likely N-dealkylation sites (tertiary alicyclic amines) is 1. The summed E-state index contributed by atoms with van der Waals surface area (Å²) in [5.74, 6) is 0.734. The minimum atomic E-state index is 0.503. The Morgan fingerprint density at radius 3 is 3.06 bits per heavy atom. The molecule has 88 valence electrons. The summed E-state index contributed by atoms with van der Waals surface area (Å²) in [4.78, 5) is 10.8. The van der Waals surface area contributed by atoms with Crippen molar-refractivity contribution in [2.75, 3.05) is 20.1 Å². The number of hydrogen-bond acceptors (Lipinski definition) is 3. The second kappa shape index (κ2) is 5.60. The SMILES string of the molecule is CN1CCC[C@@H](Cc2cncc(Cl)n2)CC1. The van der Waals surface area contributed by atoms with Crippen LogP contribution in [0.25, 0.3) is 0 Å². The van der Waals surface area contributed by atoms with Crippen LogP contribution in [0, 0.1) is 5.92 Å². The molecule has 0 bridgehead atoms. The van der Waals surface area contributed by atoms with Crippen molar-refractivity contribution in [1.29, 1.82) is 0 Å². The van der Waals surface area contributed by atoms with Crippen molar-refractivity contribution in [2.24, 2.45) is 5.92 Å². The van der Waals surface area contributed by atoms with Gasteiger partial charge in [0.1, 0.15) is 5.15 Å². The zero-order valence-electron chi connectivity index (χ0n) is 9.69. The van der Waals surface area contributed by atoms with Crippen LogP contribution in [0.3, 0.4) is 0 Å². The van der Waals surface area contributed by atoms with Crippen molar-refractivity contribution in [3.05, 3.63) is 23.2 Å². The molecule has 1 aliphatic rings. The minimum absolute atomic E-state index is 0.503. The molecule has 1 saturated heterocycles. The predicted molar refractivity (Wildman–Crippen MR) is 65.6 cm³/mol. The second-order valence-corrected chi connectivity index (χ2v) is 5.02. The summed E-state index contributed by atoms with van der Waals surface area (Å²) in [5, 5.41) is 0.503. The zero-order chi connectivity index (χ0) is 11.4. The van der Waals surface area contributed by atoms with Gasteiger partial charge in [-0.3, -0.25) is 4.98 Å². The Labute approximate surface area is 102 Å². The van der Waals surface area contributed by atoms with E-state index in [9.17, 15) is 0 Å². The first-order valence-corrected chi connectivity index (χ1v) is 6.27. The van der Waals surface area contributed by atoms with Gasteiger partial charge in [0, 0.05) is 6.20 Å². The smallest absolute Gasteiger partial charge is 0.147 e. The molecule has 1 aliphatic heterocycles. The molecule has 1 fully saturated rings. The first-order valence-electron chi connectivity index (χ1n) is 5.89. The Kier molecular flexibility index (Phi) is 4.13. The molecule has 0 amide bonds. The summed E-state index contributed by atoms with van der Waals surface area (Å²) in [7, 11) is 2.20. The summed E-state index contributed by atoms with van der Waals surface area (Å²) in [6.07, 6.45) is 8.27. The number of rotatable bonds is 2. The van der Waals surface area contributed by atoms with E-state index < -0.39 is 0 Å². The van der Waals surface area contributed by atoms with E-state index in [4.69, 9.17) is 11.6 Å². The predicted octanol–water partition coefficient (Wildman–Crippen LogP) is 2.40. The van der Waals surface area contributed by atoms with E-state index in [1.54, 1.807) is 6.20 Å². The van der Waals surface area contributed by atoms with Gasteiger partial charge >= 0.3 is 0 Å². The van der Waals surface area contributed by atoms with Crippen molar-refractivity contribution in [3.8, 4) is 0 Å². The summed E-state index contributed by atoms with van der Waals surface area (Å²) in [6.45, 7) is 2.41. The Hall–Kier alpha value is -0.670. The highest BCUT2D eigenvalue weighted by Crippen LogP contribution is 2.20. The lowest BCUT2D eigenvalue weighted by Gasteiger charge is -2.14. The quantitative estimate of drug-likeness (QED) is 0.794. The number of hydrogen-bond donors (Lipinski definition) is 0. The van der Waals surface area contributed by atoms with Gasteiger partial charge in [-0.25, -0.2) is 4.98 Å². The van der Waals surface area contributed by atoms with Crippen molar-refractivity contribution < 1.29 is 0 Å². The van der Waals surface area contributed by atoms with Gasteiger partial charge in [-0.05, 0) is 51.7 Å². The monoisotopic (exact) mass is 239 g/mol. The maximum Gasteiger partial charge on any atom is 0.147 e. The Bertz CT molecular complexity index is 343. The molecule has 1 atom stereocenters. The number of halogens is 1.